The van der Waals surface area contributed by atoms with Gasteiger partial charge in [0.15, 0.2) is 0 Å². The molecule has 5 nitrogen and oxygen atoms in total. The molecule has 1 N–H and O–H groups in total. The van der Waals surface area contributed by atoms with Crippen LogP contribution in [0.1, 0.15) is 6.92 Å². The van der Waals surface area contributed by atoms with Gasteiger partial charge in [-0.25, -0.2) is 0 Å². The first-order chi connectivity index (χ1) is 8.50. The zero-order valence-electron chi connectivity index (χ0n) is 10.1. The van der Waals surface area contributed by atoms with Crippen LogP contribution < -0.4 is 5.32 Å². The third-order valence-corrected chi connectivity index (χ3v) is 2.73. The van der Waals surface area contributed by atoms with Crippen LogP contribution in [0.2, 0.25) is 0 Å². The summed E-state index contributed by atoms with van der Waals surface area (Å²) in [6, 6.07) is 4.60. The second kappa shape index (κ2) is 7.13. The van der Waals surface area contributed by atoms with Gasteiger partial charge in [0.1, 0.15) is 0 Å². The van der Waals surface area contributed by atoms with Gasteiger partial charge in [-0.1, -0.05) is 12.2 Å². The fourth-order valence-electron chi connectivity index (χ4n) is 1.27. The van der Waals surface area contributed by atoms with E-state index in [0.29, 0.717) is 24.2 Å². The number of benzene rings is 1. The zero-order valence-corrected chi connectivity index (χ0v) is 11.7. The largest absolute Gasteiger partial charge is 0.382 e. The van der Waals surface area contributed by atoms with Crippen molar-refractivity contribution < 1.29 is 9.66 Å². The first-order valence-corrected chi connectivity index (χ1v) is 6.20. The first kappa shape index (κ1) is 14.7. The molecule has 0 amide bonds. The van der Waals surface area contributed by atoms with E-state index in [1.54, 1.807) is 6.07 Å². The molecule has 0 saturated heterocycles. The zero-order chi connectivity index (χ0) is 13.5. The summed E-state index contributed by atoms with van der Waals surface area (Å²) in [5.74, 6) is 0. The number of nitro groups is 1. The first-order valence-electron chi connectivity index (χ1n) is 5.40. The lowest BCUT2D eigenvalue weighted by atomic mass is 10.3. The summed E-state index contributed by atoms with van der Waals surface area (Å²) >= 11 is 3.29. The Hall–Kier alpha value is -1.40. The van der Waals surface area contributed by atoms with Crippen molar-refractivity contribution in [2.24, 2.45) is 0 Å². The molecular weight excluding hydrogens is 300 g/mol. The molecule has 6 heteroatoms. The fraction of sp³-hybridized carbons (Fsp3) is 0.333. The molecule has 0 aliphatic heterocycles. The molecule has 0 spiro atoms. The smallest absolute Gasteiger partial charge is 0.270 e. The number of rotatable bonds is 7. The molecule has 1 aromatic rings. The number of ether oxygens (including phenoxy) is 1. The minimum Gasteiger partial charge on any atom is -0.382 e. The monoisotopic (exact) mass is 314 g/mol. The predicted octanol–water partition coefficient (Wildman–Crippen LogP) is 3.36. The maximum absolute atomic E-state index is 10.6. The number of anilines is 1. The SMILES string of the molecule is C=C(C)COCCNc1ccc([N+](=O)[O-])cc1Br. The molecule has 0 aromatic heterocycles. The second-order valence-electron chi connectivity index (χ2n) is 3.86. The lowest BCUT2D eigenvalue weighted by molar-refractivity contribution is -0.384. The van der Waals surface area contributed by atoms with Crippen molar-refractivity contribution in [3.8, 4) is 0 Å². The Labute approximate surface area is 114 Å². The van der Waals surface area contributed by atoms with E-state index in [0.717, 1.165) is 11.3 Å². The van der Waals surface area contributed by atoms with Gasteiger partial charge in [0, 0.05) is 28.8 Å². The highest BCUT2D eigenvalue weighted by Gasteiger charge is 2.08. The van der Waals surface area contributed by atoms with Crippen LogP contribution in [0, 0.1) is 10.1 Å². The summed E-state index contributed by atoms with van der Waals surface area (Å²) in [4.78, 5) is 10.1. The van der Waals surface area contributed by atoms with E-state index in [-0.39, 0.29) is 5.69 Å². The Morgan fingerprint density at radius 2 is 2.33 bits per heavy atom. The van der Waals surface area contributed by atoms with Crippen LogP contribution >= 0.6 is 15.9 Å². The van der Waals surface area contributed by atoms with Gasteiger partial charge in [0.2, 0.25) is 0 Å². The van der Waals surface area contributed by atoms with E-state index in [1.807, 2.05) is 6.92 Å². The number of nitro benzene ring substituents is 1. The molecule has 0 fully saturated rings. The molecule has 0 bridgehead atoms. The van der Waals surface area contributed by atoms with E-state index >= 15 is 0 Å². The average Bonchev–Trinajstić information content (AvgIpc) is 2.29. The van der Waals surface area contributed by atoms with Crippen LogP contribution in [0.4, 0.5) is 11.4 Å². The number of hydrogen-bond acceptors (Lipinski definition) is 4. The van der Waals surface area contributed by atoms with Gasteiger partial charge < -0.3 is 10.1 Å². The van der Waals surface area contributed by atoms with Gasteiger partial charge in [-0.3, -0.25) is 10.1 Å². The Morgan fingerprint density at radius 1 is 1.61 bits per heavy atom. The molecule has 1 aromatic carbocycles. The maximum Gasteiger partial charge on any atom is 0.270 e. The van der Waals surface area contributed by atoms with Gasteiger partial charge in [0.05, 0.1) is 18.1 Å². The molecule has 1 rings (SSSR count). The van der Waals surface area contributed by atoms with Crippen LogP contribution in [0.3, 0.4) is 0 Å². The number of nitrogens with zero attached hydrogens (tertiary/aromatic N) is 1. The van der Waals surface area contributed by atoms with Gasteiger partial charge >= 0.3 is 0 Å². The van der Waals surface area contributed by atoms with Crippen LogP contribution in [0.5, 0.6) is 0 Å². The molecule has 0 atom stereocenters. The number of nitrogens with one attached hydrogen (secondary N) is 1. The van der Waals surface area contributed by atoms with Crippen LogP contribution in [-0.2, 0) is 4.74 Å². The Kier molecular flexibility index (Phi) is 5.80. The Morgan fingerprint density at radius 3 is 2.89 bits per heavy atom. The van der Waals surface area contributed by atoms with Crippen molar-refractivity contribution in [2.75, 3.05) is 25.1 Å². The highest BCUT2D eigenvalue weighted by atomic mass is 79.9. The van der Waals surface area contributed by atoms with E-state index in [2.05, 4.69) is 27.8 Å². The van der Waals surface area contributed by atoms with Crippen LogP contribution in [0.15, 0.2) is 34.8 Å². The molecule has 0 radical (unpaired) electrons. The summed E-state index contributed by atoms with van der Waals surface area (Å²) in [7, 11) is 0. The maximum atomic E-state index is 10.6. The highest BCUT2D eigenvalue weighted by molar-refractivity contribution is 9.10. The quantitative estimate of drug-likeness (QED) is 0.363. The van der Waals surface area contributed by atoms with Gasteiger partial charge in [0.25, 0.3) is 5.69 Å². The van der Waals surface area contributed by atoms with E-state index in [4.69, 9.17) is 4.74 Å². The number of halogens is 1. The molecule has 0 aliphatic carbocycles. The number of non-ortho nitro benzene ring substituents is 1. The minimum atomic E-state index is -0.426. The van der Waals surface area contributed by atoms with Gasteiger partial charge in [-0.05, 0) is 28.9 Å². The second-order valence-corrected chi connectivity index (χ2v) is 4.71. The summed E-state index contributed by atoms with van der Waals surface area (Å²) < 4.78 is 6.00. The highest BCUT2D eigenvalue weighted by Crippen LogP contribution is 2.26. The summed E-state index contributed by atoms with van der Waals surface area (Å²) in [6.07, 6.45) is 0. The van der Waals surface area contributed by atoms with Crippen molar-refractivity contribution in [3.05, 3.63) is 44.9 Å². The molecule has 0 unspecified atom stereocenters. The standard InChI is InChI=1S/C12H15BrN2O3/c1-9(2)8-18-6-5-14-12-4-3-10(15(16)17)7-11(12)13/h3-4,7,14H,1,5-6,8H2,2H3. The molecule has 18 heavy (non-hydrogen) atoms. The molecule has 0 aliphatic rings. The molecule has 0 heterocycles. The minimum absolute atomic E-state index is 0.0611. The third-order valence-electron chi connectivity index (χ3n) is 2.07. The Bertz CT molecular complexity index is 449. The van der Waals surface area contributed by atoms with E-state index < -0.39 is 4.92 Å². The Balaban J connectivity index is 2.43. The van der Waals surface area contributed by atoms with Crippen molar-refractivity contribution >= 4 is 27.3 Å². The summed E-state index contributed by atoms with van der Waals surface area (Å²) in [6.45, 7) is 7.36. The van der Waals surface area contributed by atoms with Crippen LogP contribution in [0.25, 0.3) is 0 Å². The molecule has 0 saturated carbocycles. The predicted molar refractivity (Wildman–Crippen MR) is 74.9 cm³/mol. The molecule has 98 valence electrons. The van der Waals surface area contributed by atoms with Gasteiger partial charge in [-0.15, -0.1) is 0 Å². The fourth-order valence-corrected chi connectivity index (χ4v) is 1.77. The summed E-state index contributed by atoms with van der Waals surface area (Å²) in [5.41, 5.74) is 1.84. The lowest BCUT2D eigenvalue weighted by Gasteiger charge is -2.09. The lowest BCUT2D eigenvalue weighted by Crippen LogP contribution is -2.10. The van der Waals surface area contributed by atoms with Crippen molar-refractivity contribution in [1.29, 1.82) is 0 Å². The summed E-state index contributed by atoms with van der Waals surface area (Å²) in [5, 5.41) is 13.7. The average molecular weight is 315 g/mol. The van der Waals surface area contributed by atoms with E-state index in [9.17, 15) is 10.1 Å². The van der Waals surface area contributed by atoms with Crippen LogP contribution in [-0.4, -0.2) is 24.7 Å². The van der Waals surface area contributed by atoms with Crippen molar-refractivity contribution in [3.63, 3.8) is 0 Å². The van der Waals surface area contributed by atoms with Crippen molar-refractivity contribution in [1.82, 2.24) is 0 Å². The molecular formula is C12H15BrN2O3. The van der Waals surface area contributed by atoms with Crippen molar-refractivity contribution in [2.45, 2.75) is 6.92 Å². The third kappa shape index (κ3) is 4.85. The van der Waals surface area contributed by atoms with E-state index in [1.165, 1.54) is 12.1 Å². The van der Waals surface area contributed by atoms with Gasteiger partial charge in [-0.2, -0.15) is 0 Å². The normalized spacial score (nSPS) is 10.1. The topological polar surface area (TPSA) is 64.4 Å². The number of hydrogen-bond donors (Lipinski definition) is 1.